The highest BCUT2D eigenvalue weighted by molar-refractivity contribution is 9.10. The molecule has 1 aromatic rings. The molecule has 108 valence electrons. The molecule has 2 N–H and O–H groups in total. The summed E-state index contributed by atoms with van der Waals surface area (Å²) in [6, 6.07) is 4.01. The Morgan fingerprint density at radius 2 is 2.15 bits per heavy atom. The molecule has 1 saturated carbocycles. The van der Waals surface area contributed by atoms with Gasteiger partial charge in [-0.15, -0.1) is 11.8 Å². The number of amides is 1. The minimum Gasteiger partial charge on any atom is -0.324 e. The minimum absolute atomic E-state index is 0.0526. The lowest BCUT2D eigenvalue weighted by Crippen LogP contribution is -2.27. The van der Waals surface area contributed by atoms with Gasteiger partial charge in [0.1, 0.15) is 6.04 Å². The van der Waals surface area contributed by atoms with Crippen LogP contribution in [0.1, 0.15) is 44.2 Å². The van der Waals surface area contributed by atoms with Gasteiger partial charge in [0.15, 0.2) is 0 Å². The number of anilines is 1. The van der Waals surface area contributed by atoms with Crippen LogP contribution in [0.2, 0.25) is 0 Å². The number of benzene rings is 1. The third kappa shape index (κ3) is 2.76. The van der Waals surface area contributed by atoms with Gasteiger partial charge >= 0.3 is 0 Å². The number of hydrogen-bond donors (Lipinski definition) is 2. The van der Waals surface area contributed by atoms with Gasteiger partial charge in [0.25, 0.3) is 0 Å². The maximum atomic E-state index is 12.0. The van der Waals surface area contributed by atoms with Crippen LogP contribution in [0.3, 0.4) is 0 Å². The second-order valence-electron chi connectivity index (χ2n) is 5.37. The monoisotopic (exact) mass is 354 g/mol. The van der Waals surface area contributed by atoms with E-state index in [1.807, 2.05) is 18.7 Å². The van der Waals surface area contributed by atoms with E-state index in [4.69, 9.17) is 0 Å². The first-order chi connectivity index (χ1) is 9.69. The SMILES string of the molecule is CCNC1C(=O)Nc2cc(SC3CCCC3)c(Br)cc21. The zero-order chi connectivity index (χ0) is 14.1. The third-order valence-corrected chi connectivity index (χ3v) is 6.25. The molecule has 1 atom stereocenters. The predicted molar refractivity (Wildman–Crippen MR) is 87.3 cm³/mol. The molecule has 0 saturated heterocycles. The Morgan fingerprint density at radius 3 is 2.85 bits per heavy atom. The van der Waals surface area contributed by atoms with Crippen molar-refractivity contribution in [1.82, 2.24) is 5.32 Å². The second-order valence-corrected chi connectivity index (χ2v) is 7.57. The molecule has 0 bridgehead atoms. The van der Waals surface area contributed by atoms with Crippen molar-refractivity contribution in [3.8, 4) is 0 Å². The van der Waals surface area contributed by atoms with Gasteiger partial charge in [-0.25, -0.2) is 0 Å². The molecule has 1 amide bonds. The molecule has 0 spiro atoms. The number of thioether (sulfide) groups is 1. The average Bonchev–Trinajstić information content (AvgIpc) is 3.01. The highest BCUT2D eigenvalue weighted by Gasteiger charge is 2.31. The molecule has 1 heterocycles. The van der Waals surface area contributed by atoms with Crippen LogP contribution in [0.25, 0.3) is 0 Å². The standard InChI is InChI=1S/C15H19BrN2OS/c1-2-17-14-10-7-11(16)13(8-12(10)18-15(14)19)20-9-5-3-4-6-9/h7-9,14,17H,2-6H2,1H3,(H,18,19). The van der Waals surface area contributed by atoms with E-state index in [9.17, 15) is 4.79 Å². The van der Waals surface area contributed by atoms with E-state index in [1.165, 1.54) is 30.6 Å². The number of hydrogen-bond acceptors (Lipinski definition) is 3. The van der Waals surface area contributed by atoms with Crippen LogP contribution in [0.5, 0.6) is 0 Å². The minimum atomic E-state index is -0.211. The summed E-state index contributed by atoms with van der Waals surface area (Å²) in [5.74, 6) is 0.0526. The fourth-order valence-corrected chi connectivity index (χ4v) is 4.87. The summed E-state index contributed by atoms with van der Waals surface area (Å²) in [5.41, 5.74) is 2.02. The van der Waals surface area contributed by atoms with E-state index in [0.29, 0.717) is 0 Å². The van der Waals surface area contributed by atoms with Crippen molar-refractivity contribution in [2.24, 2.45) is 0 Å². The molecule has 1 fully saturated rings. The molecule has 2 aliphatic rings. The van der Waals surface area contributed by atoms with E-state index in [-0.39, 0.29) is 11.9 Å². The number of carbonyl (C=O) groups excluding carboxylic acids is 1. The van der Waals surface area contributed by atoms with E-state index in [2.05, 4.69) is 38.7 Å². The number of nitrogens with one attached hydrogen (secondary N) is 2. The van der Waals surface area contributed by atoms with Gasteiger partial charge in [-0.3, -0.25) is 4.79 Å². The molecule has 0 radical (unpaired) electrons. The predicted octanol–water partition coefficient (Wildman–Crippen LogP) is 4.09. The van der Waals surface area contributed by atoms with Gasteiger partial charge in [-0.05, 0) is 47.4 Å². The Morgan fingerprint density at radius 1 is 1.40 bits per heavy atom. The van der Waals surface area contributed by atoms with Crippen LogP contribution in [0.4, 0.5) is 5.69 Å². The molecule has 20 heavy (non-hydrogen) atoms. The summed E-state index contributed by atoms with van der Waals surface area (Å²) < 4.78 is 1.10. The Kier molecular flexibility index (Phi) is 4.38. The van der Waals surface area contributed by atoms with Crippen LogP contribution in [0, 0.1) is 0 Å². The Bertz CT molecular complexity index is 529. The van der Waals surface area contributed by atoms with E-state index in [1.54, 1.807) is 0 Å². The summed E-state index contributed by atoms with van der Waals surface area (Å²) in [6.45, 7) is 2.80. The topological polar surface area (TPSA) is 41.1 Å². The van der Waals surface area contributed by atoms with Crippen molar-refractivity contribution in [2.45, 2.75) is 48.8 Å². The van der Waals surface area contributed by atoms with Crippen molar-refractivity contribution in [1.29, 1.82) is 0 Å². The lowest BCUT2D eigenvalue weighted by molar-refractivity contribution is -0.117. The fraction of sp³-hybridized carbons (Fsp3) is 0.533. The van der Waals surface area contributed by atoms with E-state index < -0.39 is 0 Å². The molecule has 0 aromatic heterocycles. The first kappa shape index (κ1) is 14.4. The lowest BCUT2D eigenvalue weighted by Gasteiger charge is -2.13. The summed E-state index contributed by atoms with van der Waals surface area (Å²) in [6.07, 6.45) is 5.31. The quantitative estimate of drug-likeness (QED) is 0.855. The van der Waals surface area contributed by atoms with Crippen LogP contribution >= 0.6 is 27.7 Å². The summed E-state index contributed by atoms with van der Waals surface area (Å²) >= 11 is 5.61. The fourth-order valence-electron chi connectivity index (χ4n) is 2.94. The molecule has 3 nitrogen and oxygen atoms in total. The molecular weight excluding hydrogens is 336 g/mol. The number of likely N-dealkylation sites (N-methyl/N-ethyl adjacent to an activating group) is 1. The smallest absolute Gasteiger partial charge is 0.246 e. The highest BCUT2D eigenvalue weighted by Crippen LogP contribution is 2.43. The normalized spacial score (nSPS) is 22.1. The van der Waals surface area contributed by atoms with Crippen molar-refractivity contribution >= 4 is 39.3 Å². The van der Waals surface area contributed by atoms with E-state index >= 15 is 0 Å². The van der Waals surface area contributed by atoms with Crippen molar-refractivity contribution in [3.05, 3.63) is 22.2 Å². The van der Waals surface area contributed by atoms with Crippen molar-refractivity contribution in [2.75, 3.05) is 11.9 Å². The maximum Gasteiger partial charge on any atom is 0.246 e. The molecule has 1 aliphatic heterocycles. The van der Waals surface area contributed by atoms with Crippen LogP contribution in [0.15, 0.2) is 21.5 Å². The summed E-state index contributed by atoms with van der Waals surface area (Å²) in [4.78, 5) is 13.2. The van der Waals surface area contributed by atoms with Crippen LogP contribution in [-0.4, -0.2) is 17.7 Å². The molecule has 1 aromatic carbocycles. The van der Waals surface area contributed by atoms with Crippen molar-refractivity contribution < 1.29 is 4.79 Å². The lowest BCUT2D eigenvalue weighted by atomic mass is 10.1. The number of fused-ring (bicyclic) bond motifs is 1. The van der Waals surface area contributed by atoms with Gasteiger partial charge in [0.05, 0.1) is 0 Å². The molecule has 3 rings (SSSR count). The Balaban J connectivity index is 1.85. The Hall–Kier alpha value is -0.520. The highest BCUT2D eigenvalue weighted by atomic mass is 79.9. The van der Waals surface area contributed by atoms with E-state index in [0.717, 1.165) is 27.5 Å². The third-order valence-electron chi connectivity index (χ3n) is 3.94. The van der Waals surface area contributed by atoms with Crippen LogP contribution < -0.4 is 10.6 Å². The molecule has 1 aliphatic carbocycles. The van der Waals surface area contributed by atoms with Crippen molar-refractivity contribution in [3.63, 3.8) is 0 Å². The van der Waals surface area contributed by atoms with Gasteiger partial charge < -0.3 is 10.6 Å². The molecule has 5 heteroatoms. The summed E-state index contributed by atoms with van der Waals surface area (Å²) in [5, 5.41) is 6.95. The molecule has 1 unspecified atom stereocenters. The van der Waals surface area contributed by atoms with Gasteiger partial charge in [-0.2, -0.15) is 0 Å². The van der Waals surface area contributed by atoms with Gasteiger partial charge in [-0.1, -0.05) is 19.8 Å². The zero-order valence-electron chi connectivity index (χ0n) is 11.5. The number of halogens is 1. The Labute approximate surface area is 132 Å². The first-order valence-corrected chi connectivity index (χ1v) is 8.90. The number of carbonyl (C=O) groups is 1. The first-order valence-electron chi connectivity index (χ1n) is 7.23. The zero-order valence-corrected chi connectivity index (χ0v) is 13.9. The average molecular weight is 355 g/mol. The van der Waals surface area contributed by atoms with Crippen LogP contribution in [-0.2, 0) is 4.79 Å². The second kappa shape index (κ2) is 6.08. The largest absolute Gasteiger partial charge is 0.324 e. The maximum absolute atomic E-state index is 12.0. The number of rotatable bonds is 4. The van der Waals surface area contributed by atoms with Gasteiger partial charge in [0.2, 0.25) is 5.91 Å². The molecular formula is C15H19BrN2OS. The summed E-state index contributed by atoms with van der Waals surface area (Å²) in [7, 11) is 0. The van der Waals surface area contributed by atoms with Gasteiger partial charge in [0, 0.05) is 25.9 Å².